The summed E-state index contributed by atoms with van der Waals surface area (Å²) >= 11 is 0. The van der Waals surface area contributed by atoms with Gasteiger partial charge in [-0.2, -0.15) is 0 Å². The van der Waals surface area contributed by atoms with Crippen LogP contribution in [0.25, 0.3) is 0 Å². The van der Waals surface area contributed by atoms with Crippen molar-refractivity contribution in [1.29, 1.82) is 0 Å². The molecule has 1 N–H and O–H groups in total. The van der Waals surface area contributed by atoms with E-state index in [9.17, 15) is 14.7 Å². The van der Waals surface area contributed by atoms with E-state index >= 15 is 0 Å². The van der Waals surface area contributed by atoms with Gasteiger partial charge in [0.1, 0.15) is 12.0 Å². The van der Waals surface area contributed by atoms with Crippen LogP contribution in [0.15, 0.2) is 0 Å². The lowest BCUT2D eigenvalue weighted by molar-refractivity contribution is -0.148. The van der Waals surface area contributed by atoms with E-state index in [1.54, 1.807) is 4.90 Å². The third-order valence-electron chi connectivity index (χ3n) is 3.72. The Balaban J connectivity index is 2.09. The van der Waals surface area contributed by atoms with Crippen molar-refractivity contribution in [3.8, 4) is 0 Å². The molecule has 2 saturated heterocycles. The van der Waals surface area contributed by atoms with Gasteiger partial charge in [0, 0.05) is 13.2 Å². The third kappa shape index (κ3) is 3.06. The van der Waals surface area contributed by atoms with Gasteiger partial charge in [0.25, 0.3) is 5.91 Å². The average Bonchev–Trinajstić information content (AvgIpc) is 3.05. The first kappa shape index (κ1) is 14.3. The highest BCUT2D eigenvalue weighted by molar-refractivity contribution is 5.82. The van der Waals surface area contributed by atoms with Gasteiger partial charge >= 0.3 is 5.97 Å². The quantitative estimate of drug-likeness (QED) is 0.788. The molecule has 1 amide bonds. The minimum Gasteiger partial charge on any atom is -0.481 e. The van der Waals surface area contributed by atoms with Gasteiger partial charge in [0.05, 0.1) is 19.3 Å². The molecule has 2 aliphatic heterocycles. The fraction of sp³-hybridized carbons (Fsp3) is 0.846. The standard InChI is InChI=1S/C13H21NO5/c1-2-5-14(12(15)11-4-3-6-19-11)10-8-18-7-9(10)13(16)17/h9-11H,2-8H2,1H3,(H,16,17)/t9?,10?,11-/m0/s1. The number of hydrogen-bond acceptors (Lipinski definition) is 4. The lowest BCUT2D eigenvalue weighted by Crippen LogP contribution is -2.50. The summed E-state index contributed by atoms with van der Waals surface area (Å²) in [6.07, 6.45) is 2.01. The number of carboxylic acids is 1. The Labute approximate surface area is 112 Å². The molecule has 6 heteroatoms. The second kappa shape index (κ2) is 6.34. The van der Waals surface area contributed by atoms with Crippen molar-refractivity contribution in [2.75, 3.05) is 26.4 Å². The number of carboxylic acid groups (broad SMARTS) is 1. The van der Waals surface area contributed by atoms with Crippen LogP contribution in [0.2, 0.25) is 0 Å². The normalized spacial score (nSPS) is 30.5. The van der Waals surface area contributed by atoms with E-state index in [0.717, 1.165) is 19.3 Å². The van der Waals surface area contributed by atoms with Crippen LogP contribution in [0.3, 0.4) is 0 Å². The summed E-state index contributed by atoms with van der Waals surface area (Å²) < 4.78 is 10.7. The maximum absolute atomic E-state index is 12.4. The summed E-state index contributed by atoms with van der Waals surface area (Å²) in [5.41, 5.74) is 0. The number of nitrogens with zero attached hydrogens (tertiary/aromatic N) is 1. The van der Waals surface area contributed by atoms with E-state index in [2.05, 4.69) is 0 Å². The van der Waals surface area contributed by atoms with E-state index < -0.39 is 18.0 Å². The van der Waals surface area contributed by atoms with E-state index in [1.165, 1.54) is 0 Å². The summed E-state index contributed by atoms with van der Waals surface area (Å²) in [5.74, 6) is -1.61. The molecule has 0 aliphatic carbocycles. The predicted molar refractivity (Wildman–Crippen MR) is 66.7 cm³/mol. The fourth-order valence-corrected chi connectivity index (χ4v) is 2.72. The second-order valence-corrected chi connectivity index (χ2v) is 5.08. The molecule has 6 nitrogen and oxygen atoms in total. The molecule has 2 unspecified atom stereocenters. The Bertz CT molecular complexity index is 340. The second-order valence-electron chi connectivity index (χ2n) is 5.08. The number of aliphatic carboxylic acids is 1. The molecular weight excluding hydrogens is 250 g/mol. The first-order valence-corrected chi connectivity index (χ1v) is 6.87. The van der Waals surface area contributed by atoms with Crippen LogP contribution in [-0.2, 0) is 19.1 Å². The first-order chi connectivity index (χ1) is 9.15. The SMILES string of the molecule is CCCN(C(=O)[C@@H]1CCCO1)C1COCC1C(=O)O. The molecule has 0 spiro atoms. The Morgan fingerprint density at radius 2 is 2.16 bits per heavy atom. The van der Waals surface area contributed by atoms with E-state index in [-0.39, 0.29) is 18.6 Å². The van der Waals surface area contributed by atoms with Crippen molar-refractivity contribution in [2.45, 2.75) is 38.3 Å². The molecule has 0 aromatic carbocycles. The fourth-order valence-electron chi connectivity index (χ4n) is 2.72. The summed E-state index contributed by atoms with van der Waals surface area (Å²) in [4.78, 5) is 25.3. The average molecular weight is 271 g/mol. The van der Waals surface area contributed by atoms with Crippen molar-refractivity contribution in [1.82, 2.24) is 4.90 Å². The summed E-state index contributed by atoms with van der Waals surface area (Å²) in [5, 5.41) is 9.20. The Morgan fingerprint density at radius 1 is 1.37 bits per heavy atom. The smallest absolute Gasteiger partial charge is 0.311 e. The molecule has 19 heavy (non-hydrogen) atoms. The molecule has 0 aromatic rings. The zero-order valence-electron chi connectivity index (χ0n) is 11.2. The number of rotatable bonds is 5. The predicted octanol–water partition coefficient (Wildman–Crippen LogP) is 0.504. The zero-order valence-corrected chi connectivity index (χ0v) is 11.2. The van der Waals surface area contributed by atoms with Gasteiger partial charge in [0.2, 0.25) is 0 Å². The number of carbonyl (C=O) groups excluding carboxylic acids is 1. The summed E-state index contributed by atoms with van der Waals surface area (Å²) in [6.45, 7) is 3.62. The van der Waals surface area contributed by atoms with Crippen LogP contribution >= 0.6 is 0 Å². The van der Waals surface area contributed by atoms with Crippen LogP contribution in [0, 0.1) is 5.92 Å². The molecule has 3 atom stereocenters. The van der Waals surface area contributed by atoms with E-state index in [4.69, 9.17) is 9.47 Å². The molecule has 0 saturated carbocycles. The monoisotopic (exact) mass is 271 g/mol. The number of carbonyl (C=O) groups is 2. The van der Waals surface area contributed by atoms with Gasteiger partial charge in [-0.15, -0.1) is 0 Å². The van der Waals surface area contributed by atoms with Crippen molar-refractivity contribution in [3.63, 3.8) is 0 Å². The zero-order chi connectivity index (χ0) is 13.8. The minimum atomic E-state index is -0.899. The highest BCUT2D eigenvalue weighted by Crippen LogP contribution is 2.24. The highest BCUT2D eigenvalue weighted by Gasteiger charge is 2.41. The summed E-state index contributed by atoms with van der Waals surface area (Å²) in [7, 11) is 0. The van der Waals surface area contributed by atoms with Crippen LogP contribution < -0.4 is 0 Å². The Kier molecular flexibility index (Phi) is 4.76. The molecule has 2 rings (SSSR count). The Hall–Kier alpha value is -1.14. The Morgan fingerprint density at radius 3 is 2.74 bits per heavy atom. The van der Waals surface area contributed by atoms with Crippen LogP contribution in [-0.4, -0.2) is 60.4 Å². The van der Waals surface area contributed by atoms with Crippen LogP contribution in [0.4, 0.5) is 0 Å². The number of ether oxygens (including phenoxy) is 2. The van der Waals surface area contributed by atoms with Gasteiger partial charge in [-0.3, -0.25) is 9.59 Å². The van der Waals surface area contributed by atoms with E-state index in [0.29, 0.717) is 19.8 Å². The lowest BCUT2D eigenvalue weighted by Gasteiger charge is -2.32. The largest absolute Gasteiger partial charge is 0.481 e. The first-order valence-electron chi connectivity index (χ1n) is 6.87. The molecule has 0 radical (unpaired) electrons. The lowest BCUT2D eigenvalue weighted by atomic mass is 10.0. The minimum absolute atomic E-state index is 0.0823. The molecule has 2 fully saturated rings. The van der Waals surface area contributed by atoms with Crippen LogP contribution in [0.1, 0.15) is 26.2 Å². The maximum atomic E-state index is 12.4. The number of hydrogen-bond donors (Lipinski definition) is 1. The van der Waals surface area contributed by atoms with Gasteiger partial charge in [-0.1, -0.05) is 6.92 Å². The van der Waals surface area contributed by atoms with Gasteiger partial charge in [0.15, 0.2) is 0 Å². The van der Waals surface area contributed by atoms with Crippen molar-refractivity contribution in [3.05, 3.63) is 0 Å². The molecule has 0 aromatic heterocycles. The van der Waals surface area contributed by atoms with Crippen molar-refractivity contribution >= 4 is 11.9 Å². The van der Waals surface area contributed by atoms with Crippen LogP contribution in [0.5, 0.6) is 0 Å². The van der Waals surface area contributed by atoms with Crippen molar-refractivity contribution in [2.24, 2.45) is 5.92 Å². The van der Waals surface area contributed by atoms with Crippen molar-refractivity contribution < 1.29 is 24.2 Å². The third-order valence-corrected chi connectivity index (χ3v) is 3.72. The van der Waals surface area contributed by atoms with Gasteiger partial charge < -0.3 is 19.5 Å². The maximum Gasteiger partial charge on any atom is 0.311 e. The molecule has 2 heterocycles. The molecular formula is C13H21NO5. The van der Waals surface area contributed by atoms with Gasteiger partial charge in [-0.25, -0.2) is 0 Å². The molecule has 2 aliphatic rings. The molecule has 108 valence electrons. The van der Waals surface area contributed by atoms with E-state index in [1.807, 2.05) is 6.92 Å². The van der Waals surface area contributed by atoms with Gasteiger partial charge in [-0.05, 0) is 19.3 Å². The molecule has 0 bridgehead atoms. The highest BCUT2D eigenvalue weighted by atomic mass is 16.5. The topological polar surface area (TPSA) is 76.1 Å². The number of amides is 1. The summed E-state index contributed by atoms with van der Waals surface area (Å²) in [6, 6.07) is -0.367.